The van der Waals surface area contributed by atoms with E-state index in [2.05, 4.69) is 44.2 Å². The lowest BCUT2D eigenvalue weighted by atomic mass is 10.1. The Bertz CT molecular complexity index is 336. The fourth-order valence-electron chi connectivity index (χ4n) is 2.07. The van der Waals surface area contributed by atoms with E-state index in [4.69, 9.17) is 4.74 Å². The minimum atomic E-state index is 0.298. The predicted molar refractivity (Wildman–Crippen MR) is 62.7 cm³/mol. The Hall–Kier alpha value is -1.08. The maximum absolute atomic E-state index is 5.98. The van der Waals surface area contributed by atoms with Crippen LogP contribution in [0.15, 0.2) is 42.0 Å². The largest absolute Gasteiger partial charge is 0.366 e. The summed E-state index contributed by atoms with van der Waals surface area (Å²) in [4.78, 5) is 0. The lowest BCUT2D eigenvalue weighted by Crippen LogP contribution is -2.03. The third-order valence-electron chi connectivity index (χ3n) is 2.74. The van der Waals surface area contributed by atoms with Gasteiger partial charge < -0.3 is 4.74 Å². The first-order chi connectivity index (χ1) is 7.25. The molecule has 0 saturated carbocycles. The van der Waals surface area contributed by atoms with E-state index < -0.39 is 0 Å². The van der Waals surface area contributed by atoms with Crippen LogP contribution in [0.4, 0.5) is 0 Å². The molecule has 0 amide bonds. The van der Waals surface area contributed by atoms with Crippen LogP contribution in [0, 0.1) is 0 Å². The molecule has 1 aromatic carbocycles. The summed E-state index contributed by atoms with van der Waals surface area (Å²) in [5.41, 5.74) is 2.65. The van der Waals surface area contributed by atoms with Gasteiger partial charge in [0.05, 0.1) is 12.2 Å². The zero-order valence-electron chi connectivity index (χ0n) is 9.44. The first-order valence-electron chi connectivity index (χ1n) is 5.61. The first kappa shape index (κ1) is 10.4. The summed E-state index contributed by atoms with van der Waals surface area (Å²) in [5.74, 6) is 0. The van der Waals surface area contributed by atoms with Gasteiger partial charge in [-0.25, -0.2) is 0 Å². The molecule has 1 aromatic rings. The third-order valence-corrected chi connectivity index (χ3v) is 2.74. The molecular weight excluding hydrogens is 184 g/mol. The smallest absolute Gasteiger partial charge is 0.0834 e. The number of benzene rings is 1. The van der Waals surface area contributed by atoms with E-state index >= 15 is 0 Å². The van der Waals surface area contributed by atoms with Crippen molar-refractivity contribution >= 4 is 0 Å². The average molecular weight is 202 g/mol. The SMILES string of the molecule is CC(C)=C[C@@H]1CC[C@@H](c2ccccc2)O1. The molecule has 1 nitrogen and oxygen atoms in total. The highest BCUT2D eigenvalue weighted by molar-refractivity contribution is 5.19. The zero-order chi connectivity index (χ0) is 10.7. The maximum Gasteiger partial charge on any atom is 0.0834 e. The molecular formula is C14H18O. The molecule has 15 heavy (non-hydrogen) atoms. The van der Waals surface area contributed by atoms with Crippen LogP contribution < -0.4 is 0 Å². The van der Waals surface area contributed by atoms with Gasteiger partial charge in [-0.05, 0) is 32.3 Å². The quantitative estimate of drug-likeness (QED) is 0.661. The molecule has 2 rings (SSSR count). The Morgan fingerprint density at radius 2 is 1.93 bits per heavy atom. The van der Waals surface area contributed by atoms with Crippen LogP contribution in [0.5, 0.6) is 0 Å². The van der Waals surface area contributed by atoms with Gasteiger partial charge in [0.1, 0.15) is 0 Å². The van der Waals surface area contributed by atoms with Crippen molar-refractivity contribution in [3.8, 4) is 0 Å². The van der Waals surface area contributed by atoms with Gasteiger partial charge in [-0.15, -0.1) is 0 Å². The van der Waals surface area contributed by atoms with Gasteiger partial charge in [-0.3, -0.25) is 0 Å². The van der Waals surface area contributed by atoms with Crippen molar-refractivity contribution in [2.24, 2.45) is 0 Å². The summed E-state index contributed by atoms with van der Waals surface area (Å²) in [6.45, 7) is 4.25. The Kier molecular flexibility index (Phi) is 3.22. The van der Waals surface area contributed by atoms with Gasteiger partial charge in [-0.1, -0.05) is 42.0 Å². The van der Waals surface area contributed by atoms with Crippen molar-refractivity contribution in [1.82, 2.24) is 0 Å². The Balaban J connectivity index is 2.02. The number of rotatable bonds is 2. The summed E-state index contributed by atoms with van der Waals surface area (Å²) in [6.07, 6.45) is 5.12. The number of hydrogen-bond donors (Lipinski definition) is 0. The van der Waals surface area contributed by atoms with E-state index in [0.29, 0.717) is 12.2 Å². The van der Waals surface area contributed by atoms with Crippen LogP contribution in [-0.2, 0) is 4.74 Å². The van der Waals surface area contributed by atoms with E-state index in [1.807, 2.05) is 6.07 Å². The highest BCUT2D eigenvalue weighted by Gasteiger charge is 2.24. The summed E-state index contributed by atoms with van der Waals surface area (Å²) >= 11 is 0. The van der Waals surface area contributed by atoms with Crippen molar-refractivity contribution in [2.45, 2.75) is 38.9 Å². The van der Waals surface area contributed by atoms with Crippen LogP contribution in [0.3, 0.4) is 0 Å². The van der Waals surface area contributed by atoms with Crippen molar-refractivity contribution in [3.05, 3.63) is 47.5 Å². The summed E-state index contributed by atoms with van der Waals surface area (Å²) in [6, 6.07) is 10.5. The van der Waals surface area contributed by atoms with Crippen LogP contribution in [-0.4, -0.2) is 6.10 Å². The van der Waals surface area contributed by atoms with Gasteiger partial charge in [0.15, 0.2) is 0 Å². The minimum Gasteiger partial charge on any atom is -0.366 e. The molecule has 0 N–H and O–H groups in total. The van der Waals surface area contributed by atoms with Crippen LogP contribution in [0.25, 0.3) is 0 Å². The standard InChI is InChI=1S/C14H18O/c1-11(2)10-13-8-9-14(15-13)12-6-4-3-5-7-12/h3-7,10,13-14H,8-9H2,1-2H3/t13-,14-/m0/s1. The van der Waals surface area contributed by atoms with Gasteiger partial charge in [0, 0.05) is 0 Å². The van der Waals surface area contributed by atoms with Crippen molar-refractivity contribution < 1.29 is 4.74 Å². The Morgan fingerprint density at radius 1 is 1.20 bits per heavy atom. The maximum atomic E-state index is 5.98. The Labute approximate surface area is 91.8 Å². The molecule has 1 saturated heterocycles. The van der Waals surface area contributed by atoms with Crippen LogP contribution in [0.1, 0.15) is 38.4 Å². The number of ether oxygens (including phenoxy) is 1. The van der Waals surface area contributed by atoms with Crippen molar-refractivity contribution in [2.75, 3.05) is 0 Å². The fourth-order valence-corrected chi connectivity index (χ4v) is 2.07. The van der Waals surface area contributed by atoms with E-state index in [-0.39, 0.29) is 0 Å². The fraction of sp³-hybridized carbons (Fsp3) is 0.429. The van der Waals surface area contributed by atoms with Gasteiger partial charge in [0.25, 0.3) is 0 Å². The zero-order valence-corrected chi connectivity index (χ0v) is 9.44. The molecule has 0 unspecified atom stereocenters. The second kappa shape index (κ2) is 4.63. The molecule has 1 aliphatic heterocycles. The molecule has 0 aliphatic carbocycles. The van der Waals surface area contributed by atoms with Gasteiger partial charge in [-0.2, -0.15) is 0 Å². The van der Waals surface area contributed by atoms with E-state index in [9.17, 15) is 0 Å². The summed E-state index contributed by atoms with van der Waals surface area (Å²) < 4.78 is 5.98. The highest BCUT2D eigenvalue weighted by Crippen LogP contribution is 2.33. The molecule has 1 heterocycles. The Morgan fingerprint density at radius 3 is 2.60 bits per heavy atom. The first-order valence-corrected chi connectivity index (χ1v) is 5.61. The molecule has 0 radical (unpaired) electrons. The topological polar surface area (TPSA) is 9.23 Å². The molecule has 0 aromatic heterocycles. The lowest BCUT2D eigenvalue weighted by molar-refractivity contribution is 0.0707. The predicted octanol–water partition coefficient (Wildman–Crippen LogP) is 3.87. The van der Waals surface area contributed by atoms with Crippen molar-refractivity contribution in [3.63, 3.8) is 0 Å². The summed E-state index contributed by atoms with van der Waals surface area (Å²) in [5, 5.41) is 0. The second-order valence-electron chi connectivity index (χ2n) is 4.40. The minimum absolute atomic E-state index is 0.298. The molecule has 80 valence electrons. The van der Waals surface area contributed by atoms with Crippen LogP contribution in [0.2, 0.25) is 0 Å². The number of hydrogen-bond acceptors (Lipinski definition) is 1. The molecule has 1 aliphatic rings. The molecule has 1 fully saturated rings. The average Bonchev–Trinajstić information content (AvgIpc) is 2.67. The van der Waals surface area contributed by atoms with E-state index in [1.54, 1.807) is 0 Å². The van der Waals surface area contributed by atoms with E-state index in [0.717, 1.165) is 12.8 Å². The highest BCUT2D eigenvalue weighted by atomic mass is 16.5. The van der Waals surface area contributed by atoms with E-state index in [1.165, 1.54) is 11.1 Å². The monoisotopic (exact) mass is 202 g/mol. The van der Waals surface area contributed by atoms with Crippen molar-refractivity contribution in [1.29, 1.82) is 0 Å². The normalized spacial score (nSPS) is 25.2. The van der Waals surface area contributed by atoms with Gasteiger partial charge >= 0.3 is 0 Å². The van der Waals surface area contributed by atoms with Crippen LogP contribution >= 0.6 is 0 Å². The summed E-state index contributed by atoms with van der Waals surface area (Å²) in [7, 11) is 0. The molecule has 0 bridgehead atoms. The third kappa shape index (κ3) is 2.69. The lowest BCUT2D eigenvalue weighted by Gasteiger charge is -2.11. The molecule has 0 spiro atoms. The molecule has 1 heteroatoms. The second-order valence-corrected chi connectivity index (χ2v) is 4.40. The molecule has 2 atom stereocenters. The number of allylic oxidation sites excluding steroid dienone is 1. The van der Waals surface area contributed by atoms with Gasteiger partial charge in [0.2, 0.25) is 0 Å².